The summed E-state index contributed by atoms with van der Waals surface area (Å²) >= 11 is 0. The highest BCUT2D eigenvalue weighted by molar-refractivity contribution is 6.04. The Morgan fingerprint density at radius 3 is 2.73 bits per heavy atom. The Morgan fingerprint density at radius 2 is 1.93 bits per heavy atom. The maximum Gasteiger partial charge on any atom is 0.410 e. The van der Waals surface area contributed by atoms with Crippen molar-refractivity contribution in [2.75, 3.05) is 41.3 Å². The van der Waals surface area contributed by atoms with Crippen molar-refractivity contribution in [3.05, 3.63) is 83.7 Å². The molecule has 12 heteroatoms. The summed E-state index contributed by atoms with van der Waals surface area (Å²) in [5, 5.41) is 2.63. The van der Waals surface area contributed by atoms with Crippen LogP contribution in [0.2, 0.25) is 0 Å². The molecule has 0 radical (unpaired) electrons. The second kappa shape index (κ2) is 10.3. The number of hydrogen-bond donors (Lipinski definition) is 1. The fourth-order valence-corrected chi connectivity index (χ4v) is 5.03. The van der Waals surface area contributed by atoms with Gasteiger partial charge in [-0.1, -0.05) is 30.3 Å². The van der Waals surface area contributed by atoms with Gasteiger partial charge >= 0.3 is 12.1 Å². The molecule has 2 aliphatic rings. The smallest absolute Gasteiger partial charge is 0.410 e. The lowest BCUT2D eigenvalue weighted by Crippen LogP contribution is -2.52. The Balaban J connectivity index is 1.13. The summed E-state index contributed by atoms with van der Waals surface area (Å²) in [5.41, 5.74) is 3.44. The van der Waals surface area contributed by atoms with Crippen molar-refractivity contribution >= 4 is 40.9 Å². The summed E-state index contributed by atoms with van der Waals surface area (Å²) in [6.45, 7) is 2.70. The Morgan fingerprint density at radius 1 is 1.10 bits per heavy atom. The first-order chi connectivity index (χ1) is 19.4. The van der Waals surface area contributed by atoms with Crippen molar-refractivity contribution < 1.29 is 23.5 Å². The minimum Gasteiger partial charge on any atom is -0.445 e. The van der Waals surface area contributed by atoms with Crippen molar-refractivity contribution in [1.29, 1.82) is 0 Å². The molecule has 6 rings (SSSR count). The molecule has 0 spiro atoms. The van der Waals surface area contributed by atoms with Gasteiger partial charge < -0.3 is 19.4 Å². The number of carbonyl (C=O) groups is 3. The molecule has 0 aliphatic carbocycles. The lowest BCUT2D eigenvalue weighted by atomic mass is 10.1. The molecule has 4 aromatic rings. The van der Waals surface area contributed by atoms with Gasteiger partial charge in [-0.15, -0.1) is 0 Å². The number of amides is 4. The van der Waals surface area contributed by atoms with Crippen LogP contribution in [0.15, 0.2) is 61.1 Å². The number of benzene rings is 1. The van der Waals surface area contributed by atoms with Crippen LogP contribution in [-0.4, -0.2) is 63.5 Å². The van der Waals surface area contributed by atoms with E-state index >= 15 is 0 Å². The number of aromatic nitrogens is 3. The number of aryl methyl sites for hydroxylation is 1. The number of rotatable bonds is 4. The van der Waals surface area contributed by atoms with Crippen LogP contribution in [0, 0.1) is 12.7 Å². The molecule has 0 bridgehead atoms. The molecule has 1 N–H and O–H groups in total. The van der Waals surface area contributed by atoms with E-state index in [2.05, 4.69) is 15.3 Å². The largest absolute Gasteiger partial charge is 0.445 e. The van der Waals surface area contributed by atoms with Crippen LogP contribution in [-0.2, 0) is 22.6 Å². The third kappa shape index (κ3) is 4.79. The minimum absolute atomic E-state index is 0.0185. The Hall–Kier alpha value is -5.00. The van der Waals surface area contributed by atoms with Gasteiger partial charge in [0.2, 0.25) is 5.91 Å². The van der Waals surface area contributed by atoms with Crippen LogP contribution in [0.4, 0.5) is 31.2 Å². The first-order valence-electron chi connectivity index (χ1n) is 12.8. The number of pyridine rings is 2. The maximum absolute atomic E-state index is 14.7. The number of imidazole rings is 1. The molecule has 0 atom stereocenters. The zero-order chi connectivity index (χ0) is 27.8. The average molecular weight is 544 g/mol. The average Bonchev–Trinajstić information content (AvgIpc) is 3.55. The quantitative estimate of drug-likeness (QED) is 0.420. The van der Waals surface area contributed by atoms with E-state index in [1.807, 2.05) is 30.3 Å². The van der Waals surface area contributed by atoms with Crippen LogP contribution in [0.5, 0.6) is 0 Å². The number of piperazine rings is 1. The fraction of sp³-hybridized carbons (Fsp3) is 0.250. The molecule has 0 saturated carbocycles. The standard InChI is InChI=1S/C28H26FN7O4/c1-18-14-34-15-22(21(29)13-24(34)31-18)32-27(38)36-10-8-20-23(7-9-30-26(20)36)35-12-11-33(16-25(35)37)28(39)40-17-19-5-3-2-4-6-19/h2-7,9,13-15H,8,10-12,16-17H2,1H3,(H,32,38). The van der Waals surface area contributed by atoms with E-state index in [1.165, 1.54) is 28.3 Å². The Labute approximate surface area is 228 Å². The van der Waals surface area contributed by atoms with Gasteiger partial charge in [-0.25, -0.2) is 23.9 Å². The van der Waals surface area contributed by atoms with Crippen LogP contribution >= 0.6 is 0 Å². The molecule has 204 valence electrons. The molecule has 40 heavy (non-hydrogen) atoms. The molecule has 5 heterocycles. The number of nitrogens with zero attached hydrogens (tertiary/aromatic N) is 6. The monoisotopic (exact) mass is 543 g/mol. The van der Waals surface area contributed by atoms with Crippen molar-refractivity contribution in [3.8, 4) is 0 Å². The van der Waals surface area contributed by atoms with Gasteiger partial charge in [0.15, 0.2) is 5.82 Å². The fourth-order valence-electron chi connectivity index (χ4n) is 5.03. The molecule has 3 aromatic heterocycles. The topological polar surface area (TPSA) is 112 Å². The first-order valence-corrected chi connectivity index (χ1v) is 12.8. The molecule has 2 aliphatic heterocycles. The van der Waals surface area contributed by atoms with Gasteiger partial charge in [0, 0.05) is 49.9 Å². The number of ether oxygens (including phenoxy) is 1. The molecule has 4 amide bonds. The molecular formula is C28H26FN7O4. The molecule has 1 saturated heterocycles. The molecule has 1 aromatic carbocycles. The summed E-state index contributed by atoms with van der Waals surface area (Å²) in [7, 11) is 0. The number of nitrogens with one attached hydrogen (secondary N) is 1. The van der Waals surface area contributed by atoms with Crippen molar-refractivity contribution in [3.63, 3.8) is 0 Å². The lowest BCUT2D eigenvalue weighted by molar-refractivity contribution is -0.120. The lowest BCUT2D eigenvalue weighted by Gasteiger charge is -2.34. The third-order valence-electron chi connectivity index (χ3n) is 6.97. The highest BCUT2D eigenvalue weighted by Crippen LogP contribution is 2.35. The van der Waals surface area contributed by atoms with Gasteiger partial charge in [0.25, 0.3) is 0 Å². The summed E-state index contributed by atoms with van der Waals surface area (Å²) < 4.78 is 21.7. The van der Waals surface area contributed by atoms with Crippen LogP contribution in [0.1, 0.15) is 16.8 Å². The molecule has 1 fully saturated rings. The molecule has 0 unspecified atom stereocenters. The normalized spacial score (nSPS) is 14.9. The van der Waals surface area contributed by atoms with E-state index in [9.17, 15) is 18.8 Å². The van der Waals surface area contributed by atoms with Gasteiger partial charge in [0.1, 0.15) is 24.6 Å². The number of fused-ring (bicyclic) bond motifs is 2. The number of hydrogen-bond acceptors (Lipinski definition) is 6. The summed E-state index contributed by atoms with van der Waals surface area (Å²) in [6, 6.07) is 11.8. The van der Waals surface area contributed by atoms with Gasteiger partial charge in [0.05, 0.1) is 17.1 Å². The Kier molecular flexibility index (Phi) is 6.50. The summed E-state index contributed by atoms with van der Waals surface area (Å²) in [6.07, 6.45) is 4.68. The number of urea groups is 1. The zero-order valence-corrected chi connectivity index (χ0v) is 21.7. The minimum atomic E-state index is -0.599. The second-order valence-electron chi connectivity index (χ2n) is 9.65. The molecular weight excluding hydrogens is 517 g/mol. The number of carbonyl (C=O) groups excluding carboxylic acids is 3. The van der Waals surface area contributed by atoms with Crippen LogP contribution < -0.4 is 15.1 Å². The van der Waals surface area contributed by atoms with E-state index in [1.54, 1.807) is 28.5 Å². The first kappa shape index (κ1) is 25.3. The highest BCUT2D eigenvalue weighted by Gasteiger charge is 2.34. The van der Waals surface area contributed by atoms with E-state index in [4.69, 9.17) is 4.74 Å². The number of halogens is 1. The second-order valence-corrected chi connectivity index (χ2v) is 9.65. The van der Waals surface area contributed by atoms with Gasteiger partial charge in [-0.2, -0.15) is 0 Å². The number of anilines is 3. The van der Waals surface area contributed by atoms with E-state index < -0.39 is 17.9 Å². The summed E-state index contributed by atoms with van der Waals surface area (Å²) in [5.74, 6) is -0.448. The highest BCUT2D eigenvalue weighted by atomic mass is 19.1. The van der Waals surface area contributed by atoms with Crippen molar-refractivity contribution in [2.45, 2.75) is 20.0 Å². The van der Waals surface area contributed by atoms with Crippen LogP contribution in [0.25, 0.3) is 5.65 Å². The van der Waals surface area contributed by atoms with Crippen LogP contribution in [0.3, 0.4) is 0 Å². The van der Waals surface area contributed by atoms with Crippen molar-refractivity contribution in [2.24, 2.45) is 0 Å². The maximum atomic E-state index is 14.7. The predicted molar refractivity (Wildman–Crippen MR) is 145 cm³/mol. The zero-order valence-electron chi connectivity index (χ0n) is 21.7. The van der Waals surface area contributed by atoms with Gasteiger partial charge in [-0.05, 0) is 25.0 Å². The van der Waals surface area contributed by atoms with Gasteiger partial charge in [-0.3, -0.25) is 14.6 Å². The van der Waals surface area contributed by atoms with E-state index in [-0.39, 0.29) is 31.3 Å². The molecule has 11 nitrogen and oxygen atoms in total. The predicted octanol–water partition coefficient (Wildman–Crippen LogP) is 3.76. The third-order valence-corrected chi connectivity index (χ3v) is 6.97. The summed E-state index contributed by atoms with van der Waals surface area (Å²) in [4.78, 5) is 51.8. The van der Waals surface area contributed by atoms with E-state index in [0.29, 0.717) is 36.7 Å². The SMILES string of the molecule is Cc1cn2cc(NC(=O)N3CCc4c(N5CCN(C(=O)OCc6ccccc6)CC5=O)ccnc43)c(F)cc2n1. The Bertz CT molecular complexity index is 1620. The van der Waals surface area contributed by atoms with E-state index in [0.717, 1.165) is 16.8 Å². The van der Waals surface area contributed by atoms with Crippen molar-refractivity contribution in [1.82, 2.24) is 19.3 Å².